The molecule has 0 aliphatic heterocycles. The molecule has 0 atom stereocenters. The van der Waals surface area contributed by atoms with Gasteiger partial charge >= 0.3 is 0 Å². The van der Waals surface area contributed by atoms with Gasteiger partial charge in [-0.2, -0.15) is 0 Å². The second kappa shape index (κ2) is 8.86. The highest BCUT2D eigenvalue weighted by molar-refractivity contribution is 6.31. The summed E-state index contributed by atoms with van der Waals surface area (Å²) in [6, 6.07) is 13.2. The summed E-state index contributed by atoms with van der Waals surface area (Å²) in [5, 5.41) is 3.56. The Balaban J connectivity index is 2.09. The van der Waals surface area contributed by atoms with Gasteiger partial charge in [0.05, 0.1) is 0 Å². The Kier molecular flexibility index (Phi) is 6.81. The van der Waals surface area contributed by atoms with E-state index >= 15 is 0 Å². The molecule has 2 aromatic rings. The first-order chi connectivity index (χ1) is 12.3. The van der Waals surface area contributed by atoms with Crippen LogP contribution in [0.5, 0.6) is 0 Å². The number of benzene rings is 2. The lowest BCUT2D eigenvalue weighted by Gasteiger charge is -2.23. The van der Waals surface area contributed by atoms with Crippen LogP contribution in [0.25, 0.3) is 0 Å². The molecule has 0 heterocycles. The van der Waals surface area contributed by atoms with Gasteiger partial charge < -0.3 is 10.2 Å². The van der Waals surface area contributed by atoms with Crippen LogP contribution in [-0.2, 0) is 9.59 Å². The topological polar surface area (TPSA) is 49.4 Å². The predicted molar refractivity (Wildman–Crippen MR) is 108 cm³/mol. The first kappa shape index (κ1) is 20.0. The van der Waals surface area contributed by atoms with Gasteiger partial charge in [0, 0.05) is 36.3 Å². The fraction of sp³-hybridized carbons (Fsp3) is 0.333. The van der Waals surface area contributed by atoms with E-state index in [1.807, 2.05) is 37.3 Å². The van der Waals surface area contributed by atoms with Crippen molar-refractivity contribution in [3.63, 3.8) is 0 Å². The molecule has 2 rings (SSSR count). The van der Waals surface area contributed by atoms with Gasteiger partial charge in [0.15, 0.2) is 0 Å². The maximum absolute atomic E-state index is 12.4. The number of amides is 2. The average molecular weight is 373 g/mol. The summed E-state index contributed by atoms with van der Waals surface area (Å²) in [5.41, 5.74) is 3.48. The molecular formula is C21H25ClN2O2. The zero-order valence-corrected chi connectivity index (χ0v) is 16.4. The number of nitrogens with zero attached hydrogens (tertiary/aromatic N) is 1. The van der Waals surface area contributed by atoms with Crippen molar-refractivity contribution in [1.29, 1.82) is 0 Å². The normalized spacial score (nSPS) is 10.7. The van der Waals surface area contributed by atoms with Gasteiger partial charge in [-0.1, -0.05) is 49.7 Å². The van der Waals surface area contributed by atoms with E-state index in [9.17, 15) is 9.59 Å². The van der Waals surface area contributed by atoms with Crippen LogP contribution in [0.4, 0.5) is 11.4 Å². The van der Waals surface area contributed by atoms with Gasteiger partial charge in [0.1, 0.15) is 0 Å². The van der Waals surface area contributed by atoms with E-state index < -0.39 is 0 Å². The number of carbonyl (C=O) groups excluding carboxylic acids is 2. The van der Waals surface area contributed by atoms with Crippen LogP contribution in [0, 0.1) is 6.92 Å². The Hall–Kier alpha value is -2.33. The van der Waals surface area contributed by atoms with E-state index in [4.69, 9.17) is 11.6 Å². The molecule has 1 N–H and O–H groups in total. The van der Waals surface area contributed by atoms with Crippen molar-refractivity contribution < 1.29 is 9.59 Å². The third kappa shape index (κ3) is 4.85. The van der Waals surface area contributed by atoms with Crippen LogP contribution in [0.1, 0.15) is 44.2 Å². The lowest BCUT2D eigenvalue weighted by atomic mass is 10.0. The fourth-order valence-corrected chi connectivity index (χ4v) is 3.05. The predicted octanol–water partition coefficient (Wildman–Crippen LogP) is 5.15. The van der Waals surface area contributed by atoms with E-state index in [0.717, 1.165) is 22.5 Å². The van der Waals surface area contributed by atoms with Crippen molar-refractivity contribution in [2.24, 2.45) is 0 Å². The quantitative estimate of drug-likeness (QED) is 0.761. The van der Waals surface area contributed by atoms with E-state index in [-0.39, 0.29) is 18.2 Å². The summed E-state index contributed by atoms with van der Waals surface area (Å²) in [6.07, 6.45) is 0.206. The Morgan fingerprint density at radius 3 is 2.46 bits per heavy atom. The highest BCUT2D eigenvalue weighted by Gasteiger charge is 2.17. The van der Waals surface area contributed by atoms with E-state index in [0.29, 0.717) is 17.5 Å². The number of hydrogen-bond donors (Lipinski definition) is 1. The molecular weight excluding hydrogens is 348 g/mol. The lowest BCUT2D eigenvalue weighted by Crippen LogP contribution is -2.32. The van der Waals surface area contributed by atoms with Crippen molar-refractivity contribution in [2.45, 2.75) is 40.0 Å². The first-order valence-corrected chi connectivity index (χ1v) is 9.11. The molecule has 4 nitrogen and oxygen atoms in total. The second-order valence-corrected chi connectivity index (χ2v) is 7.00. The lowest BCUT2D eigenvalue weighted by molar-refractivity contribution is -0.117. The number of halogens is 1. The number of nitrogens with one attached hydrogen (secondary N) is 1. The first-order valence-electron chi connectivity index (χ1n) is 8.73. The monoisotopic (exact) mass is 372 g/mol. The van der Waals surface area contributed by atoms with Crippen molar-refractivity contribution in [3.05, 3.63) is 58.6 Å². The molecule has 0 aromatic heterocycles. The van der Waals surface area contributed by atoms with Crippen molar-refractivity contribution in [3.8, 4) is 0 Å². The molecule has 2 aromatic carbocycles. The molecule has 0 saturated heterocycles. The summed E-state index contributed by atoms with van der Waals surface area (Å²) >= 11 is 6.16. The van der Waals surface area contributed by atoms with Gasteiger partial charge in [0.25, 0.3) is 0 Å². The van der Waals surface area contributed by atoms with Gasteiger partial charge in [0.2, 0.25) is 11.8 Å². The number of rotatable bonds is 6. The Morgan fingerprint density at radius 1 is 1.12 bits per heavy atom. The third-order valence-corrected chi connectivity index (χ3v) is 4.74. The van der Waals surface area contributed by atoms with Crippen molar-refractivity contribution in [1.82, 2.24) is 0 Å². The smallest absolute Gasteiger partial charge is 0.226 e. The molecule has 2 amide bonds. The zero-order valence-electron chi connectivity index (χ0n) is 15.7. The summed E-state index contributed by atoms with van der Waals surface area (Å²) < 4.78 is 0. The van der Waals surface area contributed by atoms with E-state index in [1.54, 1.807) is 17.0 Å². The standard InChI is InChI=1S/C21H25ClN2O2/c1-14(2)17-8-5-6-10-19(17)23-21(26)12-13-24(16(4)25)20-11-7-9-18(22)15(20)3/h5-11,14H,12-13H2,1-4H3,(H,23,26). The van der Waals surface area contributed by atoms with E-state index in [1.165, 1.54) is 6.92 Å². The highest BCUT2D eigenvalue weighted by atomic mass is 35.5. The van der Waals surface area contributed by atoms with Gasteiger partial charge in [-0.05, 0) is 42.2 Å². The fourth-order valence-electron chi connectivity index (χ4n) is 2.88. The average Bonchev–Trinajstić information content (AvgIpc) is 2.58. The largest absolute Gasteiger partial charge is 0.326 e. The SMILES string of the molecule is CC(=O)N(CCC(=O)Nc1ccccc1C(C)C)c1cccc(Cl)c1C. The second-order valence-electron chi connectivity index (χ2n) is 6.59. The Morgan fingerprint density at radius 2 is 1.81 bits per heavy atom. The van der Waals surface area contributed by atoms with Gasteiger partial charge in [-0.15, -0.1) is 0 Å². The number of carbonyl (C=O) groups is 2. The van der Waals surface area contributed by atoms with Crippen LogP contribution < -0.4 is 10.2 Å². The van der Waals surface area contributed by atoms with E-state index in [2.05, 4.69) is 19.2 Å². The summed E-state index contributed by atoms with van der Waals surface area (Å²) in [4.78, 5) is 26.1. The van der Waals surface area contributed by atoms with Crippen LogP contribution >= 0.6 is 11.6 Å². The Labute approximate surface area is 160 Å². The molecule has 0 fully saturated rings. The van der Waals surface area contributed by atoms with Crippen molar-refractivity contribution >= 4 is 34.8 Å². The molecule has 0 unspecified atom stereocenters. The minimum atomic E-state index is -0.121. The molecule has 0 aliphatic carbocycles. The number of para-hydroxylation sites is 1. The molecule has 26 heavy (non-hydrogen) atoms. The summed E-state index contributed by atoms with van der Waals surface area (Å²) in [7, 11) is 0. The maximum atomic E-state index is 12.4. The number of anilines is 2. The minimum absolute atomic E-state index is 0.120. The highest BCUT2D eigenvalue weighted by Crippen LogP contribution is 2.27. The van der Waals surface area contributed by atoms with Crippen molar-refractivity contribution in [2.75, 3.05) is 16.8 Å². The van der Waals surface area contributed by atoms with Crippen LogP contribution in [-0.4, -0.2) is 18.4 Å². The van der Waals surface area contributed by atoms with Gasteiger partial charge in [-0.3, -0.25) is 9.59 Å². The third-order valence-electron chi connectivity index (χ3n) is 4.33. The molecule has 0 bridgehead atoms. The maximum Gasteiger partial charge on any atom is 0.226 e. The molecule has 0 radical (unpaired) electrons. The van der Waals surface area contributed by atoms with Crippen LogP contribution in [0.15, 0.2) is 42.5 Å². The summed E-state index contributed by atoms with van der Waals surface area (Å²) in [5.74, 6) is 0.0732. The molecule has 0 saturated carbocycles. The molecule has 5 heteroatoms. The van der Waals surface area contributed by atoms with Gasteiger partial charge in [-0.25, -0.2) is 0 Å². The number of hydrogen-bond acceptors (Lipinski definition) is 2. The van der Waals surface area contributed by atoms with Crippen LogP contribution in [0.2, 0.25) is 5.02 Å². The summed E-state index contributed by atoms with van der Waals surface area (Å²) in [6.45, 7) is 7.83. The molecule has 0 spiro atoms. The molecule has 0 aliphatic rings. The minimum Gasteiger partial charge on any atom is -0.326 e. The zero-order chi connectivity index (χ0) is 19.3. The van der Waals surface area contributed by atoms with Crippen LogP contribution in [0.3, 0.4) is 0 Å². The molecule has 138 valence electrons. The Bertz CT molecular complexity index is 802.